The summed E-state index contributed by atoms with van der Waals surface area (Å²) in [6.07, 6.45) is -4.75. The van der Waals surface area contributed by atoms with Gasteiger partial charge < -0.3 is 9.64 Å². The van der Waals surface area contributed by atoms with Gasteiger partial charge in [-0.25, -0.2) is 4.90 Å². The van der Waals surface area contributed by atoms with Crippen LogP contribution < -0.4 is 14.5 Å². The number of benzene rings is 2. The number of hydrogen-bond donors (Lipinski definition) is 0. The van der Waals surface area contributed by atoms with Gasteiger partial charge in [-0.05, 0) is 30.3 Å². The van der Waals surface area contributed by atoms with Gasteiger partial charge in [-0.15, -0.1) is 0 Å². The molecule has 0 N–H and O–H groups in total. The zero-order valence-corrected chi connectivity index (χ0v) is 18.0. The molecule has 2 amide bonds. The van der Waals surface area contributed by atoms with Crippen LogP contribution in [0.1, 0.15) is 12.0 Å². The van der Waals surface area contributed by atoms with Gasteiger partial charge in [0.15, 0.2) is 0 Å². The number of piperazine rings is 1. The van der Waals surface area contributed by atoms with Crippen LogP contribution in [-0.2, 0) is 15.8 Å². The van der Waals surface area contributed by atoms with Crippen molar-refractivity contribution in [2.75, 3.05) is 43.1 Å². The lowest BCUT2D eigenvalue weighted by Gasteiger charge is -2.38. The molecule has 32 heavy (non-hydrogen) atoms. The summed E-state index contributed by atoms with van der Waals surface area (Å²) in [4.78, 5) is 30.5. The number of carbonyl (C=O) groups excluding carboxylic acids is 2. The van der Waals surface area contributed by atoms with Gasteiger partial charge in [-0.1, -0.05) is 17.7 Å². The maximum atomic E-state index is 13.2. The highest BCUT2D eigenvalue weighted by molar-refractivity contribution is 6.31. The van der Waals surface area contributed by atoms with E-state index in [0.29, 0.717) is 26.2 Å². The van der Waals surface area contributed by atoms with E-state index in [-0.39, 0.29) is 12.1 Å². The first-order chi connectivity index (χ1) is 15.2. The Labute approximate surface area is 188 Å². The fourth-order valence-corrected chi connectivity index (χ4v) is 4.37. The molecule has 2 saturated heterocycles. The van der Waals surface area contributed by atoms with Gasteiger partial charge in [0, 0.05) is 37.9 Å². The summed E-state index contributed by atoms with van der Waals surface area (Å²) >= 11 is 5.66. The number of carbonyl (C=O) groups is 2. The molecule has 170 valence electrons. The van der Waals surface area contributed by atoms with E-state index in [2.05, 4.69) is 4.90 Å². The monoisotopic (exact) mass is 467 g/mol. The molecule has 6 nitrogen and oxygen atoms in total. The summed E-state index contributed by atoms with van der Waals surface area (Å²) in [7, 11) is 1.60. The molecule has 0 radical (unpaired) electrons. The summed E-state index contributed by atoms with van der Waals surface area (Å²) in [5, 5.41) is -0.481. The lowest BCUT2D eigenvalue weighted by molar-refractivity contribution is -0.137. The Hall–Kier alpha value is -2.78. The van der Waals surface area contributed by atoms with Crippen molar-refractivity contribution in [1.29, 1.82) is 0 Å². The standard InChI is InChI=1S/C22H21ClF3N3O3/c1-32-16-4-2-3-14(11-16)27-7-9-28(10-8-27)19-13-20(30)29(21(19)31)15-5-6-18(23)17(12-15)22(24,25)26/h2-6,11-12,19H,7-10,13H2,1H3/t19-/m0/s1. The number of imide groups is 1. The quantitative estimate of drug-likeness (QED) is 0.640. The molecular formula is C22H21ClF3N3O3. The van der Waals surface area contributed by atoms with Crippen molar-refractivity contribution in [2.24, 2.45) is 0 Å². The second kappa shape index (κ2) is 8.63. The third-order valence-electron chi connectivity index (χ3n) is 5.81. The van der Waals surface area contributed by atoms with Crippen LogP contribution in [-0.4, -0.2) is 56.0 Å². The number of halogens is 4. The van der Waals surface area contributed by atoms with Crippen molar-refractivity contribution in [3.8, 4) is 5.75 Å². The van der Waals surface area contributed by atoms with Crippen LogP contribution in [0.3, 0.4) is 0 Å². The van der Waals surface area contributed by atoms with Crippen molar-refractivity contribution in [3.63, 3.8) is 0 Å². The first-order valence-electron chi connectivity index (χ1n) is 10.1. The van der Waals surface area contributed by atoms with E-state index in [4.69, 9.17) is 16.3 Å². The van der Waals surface area contributed by atoms with Crippen LogP contribution in [0, 0.1) is 0 Å². The summed E-state index contributed by atoms with van der Waals surface area (Å²) in [5.41, 5.74) is -0.192. The highest BCUT2D eigenvalue weighted by Crippen LogP contribution is 2.38. The molecular weight excluding hydrogens is 447 g/mol. The van der Waals surface area contributed by atoms with Crippen molar-refractivity contribution in [3.05, 3.63) is 53.1 Å². The number of amides is 2. The first kappa shape index (κ1) is 22.4. The highest BCUT2D eigenvalue weighted by Gasteiger charge is 2.44. The number of rotatable bonds is 4. The van der Waals surface area contributed by atoms with E-state index >= 15 is 0 Å². The Morgan fingerprint density at radius 2 is 1.72 bits per heavy atom. The molecule has 0 bridgehead atoms. The summed E-state index contributed by atoms with van der Waals surface area (Å²) in [5.74, 6) is -0.288. The number of alkyl halides is 3. The number of hydrogen-bond acceptors (Lipinski definition) is 5. The van der Waals surface area contributed by atoms with E-state index in [0.717, 1.165) is 28.5 Å². The smallest absolute Gasteiger partial charge is 0.417 e. The molecule has 0 aromatic heterocycles. The van der Waals surface area contributed by atoms with Crippen LogP contribution in [0.15, 0.2) is 42.5 Å². The first-order valence-corrected chi connectivity index (χ1v) is 10.4. The molecule has 2 aromatic carbocycles. The zero-order chi connectivity index (χ0) is 23.0. The third kappa shape index (κ3) is 4.27. The van der Waals surface area contributed by atoms with Crippen LogP contribution in [0.4, 0.5) is 24.5 Å². The summed E-state index contributed by atoms with van der Waals surface area (Å²) in [6.45, 7) is 2.38. The molecule has 0 saturated carbocycles. The van der Waals surface area contributed by atoms with E-state index in [1.165, 1.54) is 6.07 Å². The van der Waals surface area contributed by atoms with Crippen molar-refractivity contribution >= 4 is 34.8 Å². The average Bonchev–Trinajstić information content (AvgIpc) is 3.07. The predicted molar refractivity (Wildman–Crippen MR) is 114 cm³/mol. The van der Waals surface area contributed by atoms with Gasteiger partial charge in [-0.2, -0.15) is 13.2 Å². The molecule has 0 aliphatic carbocycles. The van der Waals surface area contributed by atoms with Crippen molar-refractivity contribution in [2.45, 2.75) is 18.6 Å². The van der Waals surface area contributed by atoms with Gasteiger partial charge in [0.05, 0.1) is 35.8 Å². The minimum Gasteiger partial charge on any atom is -0.497 e. The van der Waals surface area contributed by atoms with Crippen molar-refractivity contribution in [1.82, 2.24) is 4.90 Å². The Kier molecular flexibility index (Phi) is 6.05. The largest absolute Gasteiger partial charge is 0.497 e. The van der Waals surface area contributed by atoms with Crippen LogP contribution >= 0.6 is 11.6 Å². The van der Waals surface area contributed by atoms with E-state index in [1.807, 2.05) is 29.2 Å². The maximum Gasteiger partial charge on any atom is 0.417 e. The molecule has 2 fully saturated rings. The topological polar surface area (TPSA) is 53.1 Å². The molecule has 10 heteroatoms. The molecule has 2 aliphatic heterocycles. The van der Waals surface area contributed by atoms with E-state index in [9.17, 15) is 22.8 Å². The van der Waals surface area contributed by atoms with Crippen LogP contribution in [0.2, 0.25) is 5.02 Å². The lowest BCUT2D eigenvalue weighted by atomic mass is 10.1. The normalized spacial score (nSPS) is 20.2. The van der Waals surface area contributed by atoms with E-state index in [1.54, 1.807) is 7.11 Å². The molecule has 0 unspecified atom stereocenters. The molecule has 1 atom stereocenters. The van der Waals surface area contributed by atoms with Crippen LogP contribution in [0.5, 0.6) is 5.75 Å². The van der Waals surface area contributed by atoms with Gasteiger partial charge in [0.25, 0.3) is 5.91 Å². The predicted octanol–water partition coefficient (Wildman–Crippen LogP) is 3.82. The molecule has 2 heterocycles. The fourth-order valence-electron chi connectivity index (χ4n) is 4.14. The maximum absolute atomic E-state index is 13.2. The minimum atomic E-state index is -4.69. The summed E-state index contributed by atoms with van der Waals surface area (Å²) < 4.78 is 44.9. The van der Waals surface area contributed by atoms with E-state index < -0.39 is 34.6 Å². The Morgan fingerprint density at radius 3 is 2.38 bits per heavy atom. The van der Waals surface area contributed by atoms with Gasteiger partial charge in [0.1, 0.15) is 5.75 Å². The highest BCUT2D eigenvalue weighted by atomic mass is 35.5. The lowest BCUT2D eigenvalue weighted by Crippen LogP contribution is -2.52. The van der Waals surface area contributed by atoms with Gasteiger partial charge >= 0.3 is 6.18 Å². The molecule has 0 spiro atoms. The zero-order valence-electron chi connectivity index (χ0n) is 17.2. The number of ether oxygens (including phenoxy) is 1. The summed E-state index contributed by atoms with van der Waals surface area (Å²) in [6, 6.07) is 10.0. The molecule has 2 aliphatic rings. The van der Waals surface area contributed by atoms with Crippen LogP contribution in [0.25, 0.3) is 0 Å². The molecule has 4 rings (SSSR count). The third-order valence-corrected chi connectivity index (χ3v) is 6.14. The Balaban J connectivity index is 1.47. The fraction of sp³-hybridized carbons (Fsp3) is 0.364. The number of nitrogens with zero attached hydrogens (tertiary/aromatic N) is 3. The van der Waals surface area contributed by atoms with Gasteiger partial charge in [0.2, 0.25) is 5.91 Å². The Bertz CT molecular complexity index is 1040. The number of anilines is 2. The van der Waals surface area contributed by atoms with Gasteiger partial charge in [-0.3, -0.25) is 14.5 Å². The second-order valence-corrected chi connectivity index (χ2v) is 8.08. The number of methoxy groups -OCH3 is 1. The second-order valence-electron chi connectivity index (χ2n) is 7.67. The Morgan fingerprint density at radius 1 is 1.00 bits per heavy atom. The molecule has 2 aromatic rings. The van der Waals surface area contributed by atoms with Crippen molar-refractivity contribution < 1.29 is 27.5 Å². The minimum absolute atomic E-state index is 0.0675. The SMILES string of the molecule is COc1cccc(N2CCN([C@H]3CC(=O)N(c4ccc(Cl)c(C(F)(F)F)c4)C3=O)CC2)c1. The average molecular weight is 468 g/mol.